The molecule has 7 heteroatoms. The van der Waals surface area contributed by atoms with Gasteiger partial charge in [-0.2, -0.15) is 0 Å². The molecule has 0 saturated carbocycles. The minimum absolute atomic E-state index is 0.0550. The highest BCUT2D eigenvalue weighted by atomic mass is 79.9. The van der Waals surface area contributed by atoms with Crippen LogP contribution in [0.2, 0.25) is 0 Å². The Labute approximate surface area is 148 Å². The molecule has 2 aromatic rings. The number of nitro groups is 1. The van der Waals surface area contributed by atoms with Gasteiger partial charge in [-0.15, -0.1) is 0 Å². The lowest BCUT2D eigenvalue weighted by Crippen LogP contribution is -2.30. The number of ether oxygens (including phenoxy) is 1. The lowest BCUT2D eigenvalue weighted by atomic mass is 10.2. The number of nitrogens with one attached hydrogen (secondary N) is 1. The normalized spacial score (nSPS) is 11.6. The molecule has 1 unspecified atom stereocenters. The molecule has 126 valence electrons. The van der Waals surface area contributed by atoms with E-state index in [1.807, 2.05) is 25.1 Å². The highest BCUT2D eigenvalue weighted by molar-refractivity contribution is 9.10. The number of nitro benzene ring substituents is 1. The second-order valence-corrected chi connectivity index (χ2v) is 6.03. The van der Waals surface area contributed by atoms with Crippen molar-refractivity contribution in [3.63, 3.8) is 0 Å². The molecule has 0 aromatic heterocycles. The number of hydrogen-bond acceptors (Lipinski definition) is 4. The summed E-state index contributed by atoms with van der Waals surface area (Å²) in [5.41, 5.74) is 1.52. The first-order valence-electron chi connectivity index (χ1n) is 7.41. The van der Waals surface area contributed by atoms with Crippen molar-refractivity contribution >= 4 is 33.2 Å². The first-order valence-corrected chi connectivity index (χ1v) is 8.20. The number of rotatable bonds is 6. The predicted octanol–water partition coefficient (Wildman–Crippen LogP) is 4.33. The van der Waals surface area contributed by atoms with Crippen LogP contribution in [0.1, 0.15) is 19.4 Å². The van der Waals surface area contributed by atoms with Gasteiger partial charge in [-0.05, 0) is 53.0 Å². The summed E-state index contributed by atoms with van der Waals surface area (Å²) >= 11 is 3.22. The second-order valence-electron chi connectivity index (χ2n) is 5.17. The molecule has 0 aliphatic heterocycles. The molecular formula is C17H17BrN2O4. The van der Waals surface area contributed by atoms with E-state index in [1.165, 1.54) is 18.2 Å². The van der Waals surface area contributed by atoms with E-state index in [0.29, 0.717) is 15.9 Å². The van der Waals surface area contributed by atoms with Gasteiger partial charge in [0.05, 0.1) is 10.6 Å². The van der Waals surface area contributed by atoms with Crippen LogP contribution in [-0.4, -0.2) is 16.9 Å². The average Bonchev–Trinajstić information content (AvgIpc) is 2.56. The number of amides is 1. The van der Waals surface area contributed by atoms with E-state index in [-0.39, 0.29) is 11.6 Å². The number of anilines is 1. The monoisotopic (exact) mass is 392 g/mol. The van der Waals surface area contributed by atoms with Crippen molar-refractivity contribution in [1.82, 2.24) is 0 Å². The molecule has 0 spiro atoms. The van der Waals surface area contributed by atoms with Gasteiger partial charge in [-0.3, -0.25) is 14.9 Å². The summed E-state index contributed by atoms with van der Waals surface area (Å²) < 4.78 is 6.09. The quantitative estimate of drug-likeness (QED) is 0.585. The highest BCUT2D eigenvalue weighted by Crippen LogP contribution is 2.27. The molecule has 1 N–H and O–H groups in total. The van der Waals surface area contributed by atoms with Crippen molar-refractivity contribution in [1.29, 1.82) is 0 Å². The number of hydrogen-bond donors (Lipinski definition) is 1. The first kappa shape index (κ1) is 17.9. The van der Waals surface area contributed by atoms with Crippen LogP contribution in [0.3, 0.4) is 0 Å². The van der Waals surface area contributed by atoms with E-state index in [4.69, 9.17) is 4.74 Å². The summed E-state index contributed by atoms with van der Waals surface area (Å²) in [5.74, 6) is 0.284. The highest BCUT2D eigenvalue weighted by Gasteiger charge is 2.17. The van der Waals surface area contributed by atoms with E-state index < -0.39 is 11.0 Å². The first-order chi connectivity index (χ1) is 11.4. The number of halogens is 1. The van der Waals surface area contributed by atoms with Crippen LogP contribution < -0.4 is 10.1 Å². The lowest BCUT2D eigenvalue weighted by Gasteiger charge is -2.16. The van der Waals surface area contributed by atoms with Gasteiger partial charge in [0.1, 0.15) is 5.75 Å². The number of non-ortho nitro benzene ring substituents is 1. The van der Waals surface area contributed by atoms with Crippen molar-refractivity contribution in [2.45, 2.75) is 26.4 Å². The SMILES string of the molecule is CCc1cccc(OC(C)C(=O)Nc2ccc([N+](=O)[O-])cc2Br)c1. The van der Waals surface area contributed by atoms with Crippen molar-refractivity contribution < 1.29 is 14.5 Å². The smallest absolute Gasteiger partial charge is 0.270 e. The van der Waals surface area contributed by atoms with E-state index >= 15 is 0 Å². The van der Waals surface area contributed by atoms with Gasteiger partial charge in [0, 0.05) is 16.6 Å². The van der Waals surface area contributed by atoms with E-state index in [1.54, 1.807) is 13.0 Å². The molecule has 0 aliphatic rings. The molecule has 0 heterocycles. The number of carbonyl (C=O) groups excluding carboxylic acids is 1. The molecule has 24 heavy (non-hydrogen) atoms. The third kappa shape index (κ3) is 4.55. The van der Waals surface area contributed by atoms with Crippen LogP contribution in [0.4, 0.5) is 11.4 Å². The fraction of sp³-hybridized carbons (Fsp3) is 0.235. The van der Waals surface area contributed by atoms with Crippen molar-refractivity contribution in [2.24, 2.45) is 0 Å². The number of aryl methyl sites for hydroxylation is 1. The van der Waals surface area contributed by atoms with E-state index in [2.05, 4.69) is 21.2 Å². The minimum atomic E-state index is -0.709. The van der Waals surface area contributed by atoms with Crippen molar-refractivity contribution in [3.8, 4) is 5.75 Å². The topological polar surface area (TPSA) is 81.5 Å². The van der Waals surface area contributed by atoms with E-state index in [0.717, 1.165) is 12.0 Å². The summed E-state index contributed by atoms with van der Waals surface area (Å²) in [6.07, 6.45) is 0.173. The summed E-state index contributed by atoms with van der Waals surface area (Å²) in [7, 11) is 0. The number of nitrogens with zero attached hydrogens (tertiary/aromatic N) is 1. The molecule has 1 atom stereocenters. The number of benzene rings is 2. The fourth-order valence-electron chi connectivity index (χ4n) is 2.05. The summed E-state index contributed by atoms with van der Waals surface area (Å²) in [4.78, 5) is 22.5. The molecular weight excluding hydrogens is 376 g/mol. The Morgan fingerprint density at radius 2 is 2.08 bits per heavy atom. The second kappa shape index (κ2) is 7.92. The third-order valence-corrected chi connectivity index (χ3v) is 4.07. The maximum absolute atomic E-state index is 12.3. The zero-order valence-corrected chi connectivity index (χ0v) is 14.9. The van der Waals surface area contributed by atoms with Crippen LogP contribution in [0.5, 0.6) is 5.75 Å². The molecule has 2 rings (SSSR count). The maximum atomic E-state index is 12.3. The maximum Gasteiger partial charge on any atom is 0.270 e. The Morgan fingerprint density at radius 3 is 2.71 bits per heavy atom. The van der Waals surface area contributed by atoms with Crippen LogP contribution in [0.25, 0.3) is 0 Å². The zero-order chi connectivity index (χ0) is 17.7. The fourth-order valence-corrected chi connectivity index (χ4v) is 2.52. The standard InChI is InChI=1S/C17H17BrN2O4/c1-3-12-5-4-6-14(9-12)24-11(2)17(21)19-16-8-7-13(20(22)23)10-15(16)18/h4-11H,3H2,1-2H3,(H,19,21). The van der Waals surface area contributed by atoms with Gasteiger partial charge in [-0.25, -0.2) is 0 Å². The Bertz CT molecular complexity index is 764. The van der Waals surface area contributed by atoms with E-state index in [9.17, 15) is 14.9 Å². The van der Waals surface area contributed by atoms with Crippen molar-refractivity contribution in [2.75, 3.05) is 5.32 Å². The van der Waals surface area contributed by atoms with Gasteiger partial charge < -0.3 is 10.1 Å². The predicted molar refractivity (Wildman–Crippen MR) is 95.3 cm³/mol. The third-order valence-electron chi connectivity index (χ3n) is 3.41. The minimum Gasteiger partial charge on any atom is -0.481 e. The van der Waals surface area contributed by atoms with Gasteiger partial charge in [0.25, 0.3) is 11.6 Å². The number of carbonyl (C=O) groups is 1. The zero-order valence-electron chi connectivity index (χ0n) is 13.3. The molecule has 2 aromatic carbocycles. The molecule has 6 nitrogen and oxygen atoms in total. The largest absolute Gasteiger partial charge is 0.481 e. The van der Waals surface area contributed by atoms with Gasteiger partial charge in [0.15, 0.2) is 6.10 Å². The summed E-state index contributed by atoms with van der Waals surface area (Å²) in [5, 5.41) is 13.4. The van der Waals surface area contributed by atoms with Crippen LogP contribution in [0, 0.1) is 10.1 Å². The molecule has 0 aliphatic carbocycles. The van der Waals surface area contributed by atoms with Gasteiger partial charge >= 0.3 is 0 Å². The molecule has 0 bridgehead atoms. The Balaban J connectivity index is 2.04. The van der Waals surface area contributed by atoms with Crippen molar-refractivity contribution in [3.05, 3.63) is 62.6 Å². The van der Waals surface area contributed by atoms with Crippen LogP contribution >= 0.6 is 15.9 Å². The molecule has 0 saturated heterocycles. The van der Waals surface area contributed by atoms with Crippen LogP contribution in [0.15, 0.2) is 46.9 Å². The summed E-state index contributed by atoms with van der Waals surface area (Å²) in [6.45, 7) is 3.69. The molecule has 0 fully saturated rings. The molecule has 0 radical (unpaired) electrons. The average molecular weight is 393 g/mol. The molecule has 1 amide bonds. The summed E-state index contributed by atoms with van der Waals surface area (Å²) in [6, 6.07) is 11.7. The van der Waals surface area contributed by atoms with Gasteiger partial charge in [0.2, 0.25) is 0 Å². The van der Waals surface area contributed by atoms with Crippen LogP contribution in [-0.2, 0) is 11.2 Å². The Kier molecular flexibility index (Phi) is 5.92. The van der Waals surface area contributed by atoms with Gasteiger partial charge in [-0.1, -0.05) is 19.1 Å². The Hall–Kier alpha value is -2.41. The lowest BCUT2D eigenvalue weighted by molar-refractivity contribution is -0.384. The Morgan fingerprint density at radius 1 is 1.33 bits per heavy atom.